The van der Waals surface area contributed by atoms with E-state index in [1.54, 1.807) is 12.1 Å². The molecule has 0 saturated carbocycles. The molecule has 0 aliphatic heterocycles. The monoisotopic (exact) mass is 254 g/mol. The molecule has 1 N–H and O–H groups in total. The Morgan fingerprint density at radius 3 is 2.94 bits per heavy atom. The van der Waals surface area contributed by atoms with E-state index in [4.69, 9.17) is 16.9 Å². The molecule has 0 fully saturated rings. The zero-order valence-corrected chi connectivity index (χ0v) is 10.9. The standard InChI is InChI=1S/C12H15ClN2S/c1-2-16-7-3-6-15-11-5-4-10(9-14)12(13)8-11/h4-5,8,15H,2-3,6-7H2,1H3. The van der Waals surface area contributed by atoms with Gasteiger partial charge in [-0.15, -0.1) is 0 Å². The summed E-state index contributed by atoms with van der Waals surface area (Å²) in [6.07, 6.45) is 1.14. The first-order valence-corrected chi connectivity index (χ1v) is 6.82. The number of thioether (sulfide) groups is 1. The SMILES string of the molecule is CCSCCCNc1ccc(C#N)c(Cl)c1. The van der Waals surface area contributed by atoms with Crippen molar-refractivity contribution in [3.8, 4) is 6.07 Å². The molecule has 0 aromatic heterocycles. The first-order valence-electron chi connectivity index (χ1n) is 5.29. The molecule has 4 heteroatoms. The van der Waals surface area contributed by atoms with Crippen LogP contribution in [-0.4, -0.2) is 18.1 Å². The molecular weight excluding hydrogens is 240 g/mol. The number of anilines is 1. The van der Waals surface area contributed by atoms with E-state index in [0.717, 1.165) is 18.7 Å². The van der Waals surface area contributed by atoms with Crippen LogP contribution in [-0.2, 0) is 0 Å². The molecule has 0 bridgehead atoms. The summed E-state index contributed by atoms with van der Waals surface area (Å²) in [7, 11) is 0. The summed E-state index contributed by atoms with van der Waals surface area (Å²) < 4.78 is 0. The molecular formula is C12H15ClN2S. The third kappa shape index (κ3) is 4.34. The van der Waals surface area contributed by atoms with Crippen LogP contribution in [0.25, 0.3) is 0 Å². The minimum atomic E-state index is 0.510. The first-order chi connectivity index (χ1) is 7.77. The maximum atomic E-state index is 8.72. The van der Waals surface area contributed by atoms with E-state index in [9.17, 15) is 0 Å². The van der Waals surface area contributed by atoms with E-state index in [0.29, 0.717) is 10.6 Å². The molecule has 0 heterocycles. The maximum Gasteiger partial charge on any atom is 0.101 e. The van der Waals surface area contributed by atoms with E-state index < -0.39 is 0 Å². The third-order valence-corrected chi connectivity index (χ3v) is 3.39. The lowest BCUT2D eigenvalue weighted by Crippen LogP contribution is -2.02. The molecule has 16 heavy (non-hydrogen) atoms. The smallest absolute Gasteiger partial charge is 0.101 e. The Balaban J connectivity index is 2.38. The van der Waals surface area contributed by atoms with Crippen LogP contribution in [0.3, 0.4) is 0 Å². The Hall–Kier alpha value is -0.850. The Morgan fingerprint density at radius 1 is 1.50 bits per heavy atom. The predicted molar refractivity (Wildman–Crippen MR) is 72.3 cm³/mol. The molecule has 0 spiro atoms. The topological polar surface area (TPSA) is 35.8 Å². The van der Waals surface area contributed by atoms with Crippen molar-refractivity contribution < 1.29 is 0 Å². The number of hydrogen-bond acceptors (Lipinski definition) is 3. The van der Waals surface area contributed by atoms with Crippen LogP contribution in [0.2, 0.25) is 5.02 Å². The van der Waals surface area contributed by atoms with E-state index >= 15 is 0 Å². The first kappa shape index (κ1) is 13.2. The van der Waals surface area contributed by atoms with Gasteiger partial charge in [-0.1, -0.05) is 18.5 Å². The van der Waals surface area contributed by atoms with E-state index in [1.807, 2.05) is 23.9 Å². The number of hydrogen-bond donors (Lipinski definition) is 1. The highest BCUT2D eigenvalue weighted by atomic mass is 35.5. The maximum absolute atomic E-state index is 8.72. The van der Waals surface area contributed by atoms with Gasteiger partial charge in [0.1, 0.15) is 6.07 Å². The Bertz CT molecular complexity index is 374. The average molecular weight is 255 g/mol. The molecule has 0 radical (unpaired) electrons. The molecule has 1 aromatic rings. The van der Waals surface area contributed by atoms with Gasteiger partial charge in [0, 0.05) is 12.2 Å². The second kappa shape index (κ2) is 7.43. The molecule has 0 amide bonds. The van der Waals surface area contributed by atoms with Crippen LogP contribution in [0.15, 0.2) is 18.2 Å². The summed E-state index contributed by atoms with van der Waals surface area (Å²) in [5.41, 5.74) is 1.50. The lowest BCUT2D eigenvalue weighted by atomic mass is 10.2. The highest BCUT2D eigenvalue weighted by molar-refractivity contribution is 7.99. The van der Waals surface area contributed by atoms with Crippen molar-refractivity contribution in [2.24, 2.45) is 0 Å². The van der Waals surface area contributed by atoms with Gasteiger partial charge < -0.3 is 5.32 Å². The van der Waals surface area contributed by atoms with Gasteiger partial charge in [-0.25, -0.2) is 0 Å². The lowest BCUT2D eigenvalue weighted by Gasteiger charge is -2.06. The Kier molecular flexibility index (Phi) is 6.14. The van der Waals surface area contributed by atoms with Gasteiger partial charge in [-0.3, -0.25) is 0 Å². The van der Waals surface area contributed by atoms with Crippen molar-refractivity contribution in [2.45, 2.75) is 13.3 Å². The highest BCUT2D eigenvalue weighted by Gasteiger charge is 2.00. The van der Waals surface area contributed by atoms with Crippen molar-refractivity contribution in [1.29, 1.82) is 5.26 Å². The summed E-state index contributed by atoms with van der Waals surface area (Å²) in [4.78, 5) is 0. The molecule has 86 valence electrons. The quantitative estimate of drug-likeness (QED) is 0.785. The molecule has 1 aromatic carbocycles. The van der Waals surface area contributed by atoms with Crippen molar-refractivity contribution in [3.05, 3.63) is 28.8 Å². The van der Waals surface area contributed by atoms with Crippen molar-refractivity contribution in [2.75, 3.05) is 23.4 Å². The fourth-order valence-electron chi connectivity index (χ4n) is 1.27. The zero-order valence-electron chi connectivity index (χ0n) is 9.29. The second-order valence-electron chi connectivity index (χ2n) is 3.28. The summed E-state index contributed by atoms with van der Waals surface area (Å²) >= 11 is 7.87. The molecule has 0 saturated heterocycles. The van der Waals surface area contributed by atoms with Gasteiger partial charge in [-0.2, -0.15) is 17.0 Å². The third-order valence-electron chi connectivity index (χ3n) is 2.09. The summed E-state index contributed by atoms with van der Waals surface area (Å²) in [6, 6.07) is 7.47. The normalized spacial score (nSPS) is 9.81. The fraction of sp³-hybridized carbons (Fsp3) is 0.417. The molecule has 0 atom stereocenters. The van der Waals surface area contributed by atoms with Gasteiger partial charge in [0.05, 0.1) is 10.6 Å². The lowest BCUT2D eigenvalue weighted by molar-refractivity contribution is 0.992. The predicted octanol–water partition coefficient (Wildman–Crippen LogP) is 3.77. The zero-order chi connectivity index (χ0) is 11.8. The molecule has 1 rings (SSSR count). The van der Waals surface area contributed by atoms with E-state index in [1.165, 1.54) is 11.5 Å². The van der Waals surface area contributed by atoms with Gasteiger partial charge in [0.2, 0.25) is 0 Å². The number of benzene rings is 1. The summed E-state index contributed by atoms with van der Waals surface area (Å²) in [5, 5.41) is 12.5. The van der Waals surface area contributed by atoms with Gasteiger partial charge in [0.15, 0.2) is 0 Å². The summed E-state index contributed by atoms with van der Waals surface area (Å²) in [6.45, 7) is 3.10. The minimum absolute atomic E-state index is 0.510. The van der Waals surface area contributed by atoms with Crippen LogP contribution in [0.4, 0.5) is 5.69 Å². The van der Waals surface area contributed by atoms with Gasteiger partial charge in [0.25, 0.3) is 0 Å². The van der Waals surface area contributed by atoms with E-state index in [-0.39, 0.29) is 0 Å². The van der Waals surface area contributed by atoms with Gasteiger partial charge in [-0.05, 0) is 36.1 Å². The van der Waals surface area contributed by atoms with Gasteiger partial charge >= 0.3 is 0 Å². The van der Waals surface area contributed by atoms with Crippen LogP contribution in [0.5, 0.6) is 0 Å². The van der Waals surface area contributed by atoms with Crippen LogP contribution < -0.4 is 5.32 Å². The molecule has 2 nitrogen and oxygen atoms in total. The largest absolute Gasteiger partial charge is 0.385 e. The molecule has 0 unspecified atom stereocenters. The average Bonchev–Trinajstić information content (AvgIpc) is 2.29. The van der Waals surface area contributed by atoms with Crippen LogP contribution in [0.1, 0.15) is 18.9 Å². The van der Waals surface area contributed by atoms with Crippen molar-refractivity contribution in [3.63, 3.8) is 0 Å². The molecule has 0 aliphatic carbocycles. The van der Waals surface area contributed by atoms with Crippen LogP contribution in [0, 0.1) is 11.3 Å². The summed E-state index contributed by atoms with van der Waals surface area (Å²) in [5.74, 6) is 2.34. The minimum Gasteiger partial charge on any atom is -0.385 e. The number of nitrogens with zero attached hydrogens (tertiary/aromatic N) is 1. The van der Waals surface area contributed by atoms with Crippen LogP contribution >= 0.6 is 23.4 Å². The second-order valence-corrected chi connectivity index (χ2v) is 5.08. The van der Waals surface area contributed by atoms with E-state index in [2.05, 4.69) is 12.2 Å². The fourth-order valence-corrected chi connectivity index (χ4v) is 2.13. The molecule has 0 aliphatic rings. The number of nitrogens with one attached hydrogen (secondary N) is 1. The highest BCUT2D eigenvalue weighted by Crippen LogP contribution is 2.20. The number of halogens is 1. The number of nitriles is 1. The van der Waals surface area contributed by atoms with Crippen molar-refractivity contribution in [1.82, 2.24) is 0 Å². The van der Waals surface area contributed by atoms with Crippen molar-refractivity contribution >= 4 is 29.1 Å². The number of rotatable bonds is 6. The Labute approximate surface area is 106 Å². The Morgan fingerprint density at radius 2 is 2.31 bits per heavy atom.